The summed E-state index contributed by atoms with van der Waals surface area (Å²) in [5, 5.41) is 0.315. The van der Waals surface area contributed by atoms with Gasteiger partial charge in [0.1, 0.15) is 0 Å². The number of aryl methyl sites for hydroxylation is 1. The molecule has 0 radical (unpaired) electrons. The summed E-state index contributed by atoms with van der Waals surface area (Å²) in [7, 11) is -3.43. The molecule has 2 N–H and O–H groups in total. The molecule has 2 saturated heterocycles. The predicted octanol–water partition coefficient (Wildman–Crippen LogP) is 0.502. The Kier molecular flexibility index (Phi) is 3.28. The molecule has 1 unspecified atom stereocenters. The van der Waals surface area contributed by atoms with Crippen molar-refractivity contribution in [2.75, 3.05) is 31.9 Å². The first-order chi connectivity index (χ1) is 8.98. The fourth-order valence-electron chi connectivity index (χ4n) is 2.94. The van der Waals surface area contributed by atoms with Gasteiger partial charge in [0.15, 0.2) is 9.34 Å². The lowest BCUT2D eigenvalue weighted by Gasteiger charge is -2.36. The van der Waals surface area contributed by atoms with E-state index in [0.29, 0.717) is 34.2 Å². The van der Waals surface area contributed by atoms with Gasteiger partial charge in [-0.25, -0.2) is 13.4 Å². The molecule has 106 valence electrons. The van der Waals surface area contributed by atoms with E-state index in [1.807, 2.05) is 0 Å². The van der Waals surface area contributed by atoms with E-state index in [1.165, 1.54) is 6.42 Å². The molecule has 0 aliphatic carbocycles. The van der Waals surface area contributed by atoms with Crippen LogP contribution in [0.4, 0.5) is 5.13 Å². The fraction of sp³-hybridized carbons (Fsp3) is 0.727. The highest BCUT2D eigenvalue weighted by Crippen LogP contribution is 2.31. The van der Waals surface area contributed by atoms with Crippen LogP contribution in [0, 0.1) is 6.92 Å². The largest absolute Gasteiger partial charge is 0.375 e. The molecule has 0 spiro atoms. The Labute approximate surface area is 117 Å². The van der Waals surface area contributed by atoms with Crippen LogP contribution in [0.15, 0.2) is 4.21 Å². The number of piperazine rings is 1. The number of anilines is 1. The van der Waals surface area contributed by atoms with E-state index in [1.54, 1.807) is 11.2 Å². The number of aromatic nitrogens is 1. The third-order valence-electron chi connectivity index (χ3n) is 3.89. The molecule has 2 fully saturated rings. The van der Waals surface area contributed by atoms with Crippen LogP contribution < -0.4 is 5.73 Å². The van der Waals surface area contributed by atoms with Crippen molar-refractivity contribution in [3.8, 4) is 0 Å². The van der Waals surface area contributed by atoms with Gasteiger partial charge in [-0.3, -0.25) is 4.90 Å². The van der Waals surface area contributed by atoms with E-state index in [4.69, 9.17) is 5.73 Å². The summed E-state index contributed by atoms with van der Waals surface area (Å²) in [6.45, 7) is 4.80. The van der Waals surface area contributed by atoms with Crippen molar-refractivity contribution in [3.63, 3.8) is 0 Å². The van der Waals surface area contributed by atoms with E-state index in [2.05, 4.69) is 9.88 Å². The smallest absolute Gasteiger partial charge is 0.254 e. The van der Waals surface area contributed by atoms with Crippen LogP contribution in [-0.2, 0) is 10.0 Å². The zero-order valence-electron chi connectivity index (χ0n) is 10.9. The molecule has 1 atom stereocenters. The summed E-state index contributed by atoms with van der Waals surface area (Å²) < 4.78 is 27.2. The lowest BCUT2D eigenvalue weighted by molar-refractivity contribution is 0.158. The third-order valence-corrected chi connectivity index (χ3v) is 7.33. The van der Waals surface area contributed by atoms with Gasteiger partial charge in [0.25, 0.3) is 10.0 Å². The molecule has 2 aliphatic rings. The van der Waals surface area contributed by atoms with E-state index in [-0.39, 0.29) is 0 Å². The van der Waals surface area contributed by atoms with Crippen LogP contribution in [0.3, 0.4) is 0 Å². The van der Waals surface area contributed by atoms with Gasteiger partial charge >= 0.3 is 0 Å². The number of sulfonamides is 1. The van der Waals surface area contributed by atoms with Crippen molar-refractivity contribution in [2.24, 2.45) is 0 Å². The molecular weight excluding hydrogens is 284 g/mol. The second-order valence-corrected chi connectivity index (χ2v) is 8.28. The van der Waals surface area contributed by atoms with Gasteiger partial charge < -0.3 is 5.73 Å². The number of nitrogen functional groups attached to an aromatic ring is 1. The molecule has 19 heavy (non-hydrogen) atoms. The van der Waals surface area contributed by atoms with Gasteiger partial charge in [-0.15, -0.1) is 0 Å². The van der Waals surface area contributed by atoms with Crippen molar-refractivity contribution >= 4 is 26.5 Å². The average molecular weight is 302 g/mol. The Morgan fingerprint density at radius 1 is 1.37 bits per heavy atom. The Bertz CT molecular complexity index is 584. The highest BCUT2D eigenvalue weighted by Gasteiger charge is 2.37. The third kappa shape index (κ3) is 2.26. The fourth-order valence-corrected chi connectivity index (χ4v) is 5.84. The number of fused-ring (bicyclic) bond motifs is 1. The molecule has 1 aromatic rings. The summed E-state index contributed by atoms with van der Waals surface area (Å²) in [6, 6.07) is 0.383. The van der Waals surface area contributed by atoms with Crippen molar-refractivity contribution in [1.29, 1.82) is 0 Å². The Balaban J connectivity index is 1.87. The number of rotatable bonds is 2. The van der Waals surface area contributed by atoms with Crippen molar-refractivity contribution < 1.29 is 8.42 Å². The molecule has 0 bridgehead atoms. The zero-order chi connectivity index (χ0) is 13.6. The van der Waals surface area contributed by atoms with Gasteiger partial charge in [-0.05, 0) is 26.3 Å². The van der Waals surface area contributed by atoms with Crippen LogP contribution in [-0.4, -0.2) is 54.8 Å². The number of nitrogens with two attached hydrogens (primary N) is 1. The molecule has 0 amide bonds. The van der Waals surface area contributed by atoms with Crippen molar-refractivity contribution in [2.45, 2.75) is 30.0 Å². The predicted molar refractivity (Wildman–Crippen MR) is 74.6 cm³/mol. The number of nitrogens with zero attached hydrogens (tertiary/aromatic N) is 3. The lowest BCUT2D eigenvalue weighted by Crippen LogP contribution is -2.51. The summed E-state index contributed by atoms with van der Waals surface area (Å²) in [4.78, 5) is 6.41. The standard InChI is InChI=1S/C11H18N4O2S2/c1-8-10(18-11(12)13-8)19(16,17)15-6-5-14-4-2-3-9(14)7-15/h9H,2-7H2,1H3,(H2,12,13). The van der Waals surface area contributed by atoms with Crippen LogP contribution in [0.25, 0.3) is 0 Å². The van der Waals surface area contributed by atoms with Gasteiger partial charge in [-0.1, -0.05) is 11.3 Å². The van der Waals surface area contributed by atoms with E-state index in [0.717, 1.165) is 30.8 Å². The minimum atomic E-state index is -3.43. The maximum Gasteiger partial charge on any atom is 0.254 e. The molecule has 2 aliphatic heterocycles. The first-order valence-corrected chi connectivity index (χ1v) is 8.71. The average Bonchev–Trinajstić information content (AvgIpc) is 2.94. The SMILES string of the molecule is Cc1nc(N)sc1S(=O)(=O)N1CCN2CCCC2C1. The molecule has 6 nitrogen and oxygen atoms in total. The number of hydrogen-bond donors (Lipinski definition) is 1. The highest BCUT2D eigenvalue weighted by atomic mass is 32.2. The summed E-state index contributed by atoms with van der Waals surface area (Å²) in [5.74, 6) is 0. The quantitative estimate of drug-likeness (QED) is 0.860. The minimum Gasteiger partial charge on any atom is -0.375 e. The van der Waals surface area contributed by atoms with Crippen LogP contribution in [0.5, 0.6) is 0 Å². The first-order valence-electron chi connectivity index (χ1n) is 6.45. The normalized spacial score (nSPS) is 25.6. The Morgan fingerprint density at radius 2 is 2.16 bits per heavy atom. The molecule has 0 saturated carbocycles. The van der Waals surface area contributed by atoms with Gasteiger partial charge in [0.05, 0.1) is 5.69 Å². The Morgan fingerprint density at radius 3 is 2.84 bits per heavy atom. The van der Waals surface area contributed by atoms with Gasteiger partial charge in [-0.2, -0.15) is 4.31 Å². The zero-order valence-corrected chi connectivity index (χ0v) is 12.5. The second-order valence-electron chi connectivity index (χ2n) is 5.12. The number of thiazole rings is 1. The maximum absolute atomic E-state index is 12.6. The first kappa shape index (κ1) is 13.3. The second kappa shape index (κ2) is 4.69. The minimum absolute atomic E-state index is 0.302. The lowest BCUT2D eigenvalue weighted by atomic mass is 10.2. The molecular formula is C11H18N4O2S2. The van der Waals surface area contributed by atoms with E-state index >= 15 is 0 Å². The van der Waals surface area contributed by atoms with Crippen molar-refractivity contribution in [3.05, 3.63) is 5.69 Å². The van der Waals surface area contributed by atoms with Crippen LogP contribution >= 0.6 is 11.3 Å². The van der Waals surface area contributed by atoms with Gasteiger partial charge in [0.2, 0.25) is 0 Å². The molecule has 3 heterocycles. The molecule has 1 aromatic heterocycles. The van der Waals surface area contributed by atoms with E-state index < -0.39 is 10.0 Å². The summed E-state index contributed by atoms with van der Waals surface area (Å²) >= 11 is 1.06. The topological polar surface area (TPSA) is 79.5 Å². The monoisotopic (exact) mass is 302 g/mol. The van der Waals surface area contributed by atoms with Crippen molar-refractivity contribution in [1.82, 2.24) is 14.2 Å². The maximum atomic E-state index is 12.6. The summed E-state index contributed by atoms with van der Waals surface area (Å²) in [5.41, 5.74) is 6.12. The highest BCUT2D eigenvalue weighted by molar-refractivity contribution is 7.91. The van der Waals surface area contributed by atoms with Crippen LogP contribution in [0.1, 0.15) is 18.5 Å². The molecule has 8 heteroatoms. The van der Waals surface area contributed by atoms with E-state index in [9.17, 15) is 8.42 Å². The van der Waals surface area contributed by atoms with Crippen LogP contribution in [0.2, 0.25) is 0 Å². The summed E-state index contributed by atoms with van der Waals surface area (Å²) in [6.07, 6.45) is 2.26. The molecule has 3 rings (SSSR count). The Hall–Kier alpha value is -0.700. The molecule has 0 aromatic carbocycles. The van der Waals surface area contributed by atoms with Gasteiger partial charge in [0, 0.05) is 25.7 Å². The number of hydrogen-bond acceptors (Lipinski definition) is 6.